The van der Waals surface area contributed by atoms with Crippen LogP contribution in [-0.4, -0.2) is 11.5 Å². The summed E-state index contributed by atoms with van der Waals surface area (Å²) in [5, 5.41) is 4.11. The van der Waals surface area contributed by atoms with Gasteiger partial charge in [-0.2, -0.15) is 0 Å². The predicted octanol–water partition coefficient (Wildman–Crippen LogP) is 3.82. The second-order valence-corrected chi connectivity index (χ2v) is 4.68. The van der Waals surface area contributed by atoms with Gasteiger partial charge in [0.15, 0.2) is 0 Å². The molecule has 0 fully saturated rings. The lowest BCUT2D eigenvalue weighted by atomic mass is 10.0. The normalized spacial score (nSPS) is 10.6. The standard InChI is InChI=1S/C15H17ClN2/c1-3-17-10-13-8-12(4-5-15(13)16)14-6-7-18-9-11(14)2/h4-9,17H,3,10H2,1-2H3. The zero-order valence-corrected chi connectivity index (χ0v) is 11.5. The summed E-state index contributed by atoms with van der Waals surface area (Å²) in [6.07, 6.45) is 3.70. The molecule has 0 radical (unpaired) electrons. The van der Waals surface area contributed by atoms with Gasteiger partial charge in [-0.1, -0.05) is 24.6 Å². The summed E-state index contributed by atoms with van der Waals surface area (Å²) in [5.74, 6) is 0. The maximum absolute atomic E-state index is 6.21. The Kier molecular flexibility index (Phi) is 4.34. The van der Waals surface area contributed by atoms with Crippen molar-refractivity contribution < 1.29 is 0 Å². The molecular weight excluding hydrogens is 244 g/mol. The highest BCUT2D eigenvalue weighted by molar-refractivity contribution is 6.31. The highest BCUT2D eigenvalue weighted by atomic mass is 35.5. The highest BCUT2D eigenvalue weighted by Crippen LogP contribution is 2.27. The van der Waals surface area contributed by atoms with Crippen molar-refractivity contribution in [2.75, 3.05) is 6.54 Å². The van der Waals surface area contributed by atoms with E-state index in [1.54, 1.807) is 0 Å². The van der Waals surface area contributed by atoms with Gasteiger partial charge in [0.1, 0.15) is 0 Å². The molecule has 0 atom stereocenters. The van der Waals surface area contributed by atoms with Crippen molar-refractivity contribution in [3.05, 3.63) is 52.8 Å². The van der Waals surface area contributed by atoms with Crippen molar-refractivity contribution in [1.82, 2.24) is 10.3 Å². The summed E-state index contributed by atoms with van der Waals surface area (Å²) < 4.78 is 0. The van der Waals surface area contributed by atoms with Gasteiger partial charge in [-0.05, 0) is 53.9 Å². The van der Waals surface area contributed by atoms with E-state index in [1.165, 1.54) is 16.7 Å². The fraction of sp³-hybridized carbons (Fsp3) is 0.267. The Morgan fingerprint density at radius 1 is 1.28 bits per heavy atom. The minimum Gasteiger partial charge on any atom is -0.313 e. The highest BCUT2D eigenvalue weighted by Gasteiger charge is 2.05. The van der Waals surface area contributed by atoms with Crippen LogP contribution in [0.5, 0.6) is 0 Å². The van der Waals surface area contributed by atoms with E-state index in [9.17, 15) is 0 Å². The van der Waals surface area contributed by atoms with E-state index in [1.807, 2.05) is 24.5 Å². The Morgan fingerprint density at radius 3 is 2.83 bits per heavy atom. The SMILES string of the molecule is CCNCc1cc(-c2ccncc2C)ccc1Cl. The fourth-order valence-electron chi connectivity index (χ4n) is 1.93. The molecule has 1 aromatic heterocycles. The molecule has 0 amide bonds. The molecule has 1 heterocycles. The van der Waals surface area contributed by atoms with E-state index < -0.39 is 0 Å². The molecule has 18 heavy (non-hydrogen) atoms. The van der Waals surface area contributed by atoms with Crippen LogP contribution >= 0.6 is 11.6 Å². The van der Waals surface area contributed by atoms with Crippen LogP contribution in [0.3, 0.4) is 0 Å². The van der Waals surface area contributed by atoms with Gasteiger partial charge in [0.05, 0.1) is 0 Å². The predicted molar refractivity (Wildman–Crippen MR) is 76.8 cm³/mol. The molecule has 1 N–H and O–H groups in total. The van der Waals surface area contributed by atoms with Gasteiger partial charge in [-0.3, -0.25) is 4.98 Å². The number of hydrogen-bond donors (Lipinski definition) is 1. The summed E-state index contributed by atoms with van der Waals surface area (Å²) in [6, 6.07) is 8.20. The number of benzene rings is 1. The molecule has 3 heteroatoms. The van der Waals surface area contributed by atoms with E-state index in [2.05, 4.69) is 36.3 Å². The monoisotopic (exact) mass is 260 g/mol. The third-order valence-corrected chi connectivity index (χ3v) is 3.31. The quantitative estimate of drug-likeness (QED) is 0.904. The smallest absolute Gasteiger partial charge is 0.0451 e. The van der Waals surface area contributed by atoms with Crippen LogP contribution in [0.1, 0.15) is 18.1 Å². The van der Waals surface area contributed by atoms with E-state index >= 15 is 0 Å². The first kappa shape index (κ1) is 13.1. The summed E-state index contributed by atoms with van der Waals surface area (Å²) >= 11 is 6.21. The Labute approximate surface area is 113 Å². The summed E-state index contributed by atoms with van der Waals surface area (Å²) in [6.45, 7) is 5.90. The molecule has 94 valence electrons. The molecule has 0 saturated heterocycles. The number of pyridine rings is 1. The molecule has 0 spiro atoms. The van der Waals surface area contributed by atoms with Crippen LogP contribution in [0.4, 0.5) is 0 Å². The van der Waals surface area contributed by atoms with Gasteiger partial charge in [-0.25, -0.2) is 0 Å². The number of aryl methyl sites for hydroxylation is 1. The molecule has 0 aliphatic carbocycles. The second kappa shape index (κ2) is 5.98. The van der Waals surface area contributed by atoms with Crippen LogP contribution in [0, 0.1) is 6.92 Å². The van der Waals surface area contributed by atoms with Gasteiger partial charge in [-0.15, -0.1) is 0 Å². The zero-order chi connectivity index (χ0) is 13.0. The maximum atomic E-state index is 6.21. The first-order valence-corrected chi connectivity index (χ1v) is 6.50. The molecule has 0 unspecified atom stereocenters. The van der Waals surface area contributed by atoms with Crippen LogP contribution in [-0.2, 0) is 6.54 Å². The maximum Gasteiger partial charge on any atom is 0.0451 e. The fourth-order valence-corrected chi connectivity index (χ4v) is 2.12. The van der Waals surface area contributed by atoms with Gasteiger partial charge in [0, 0.05) is 24.0 Å². The number of nitrogens with zero attached hydrogens (tertiary/aromatic N) is 1. The van der Waals surface area contributed by atoms with Crippen molar-refractivity contribution in [2.45, 2.75) is 20.4 Å². The van der Waals surface area contributed by atoms with Crippen molar-refractivity contribution in [2.24, 2.45) is 0 Å². The molecule has 0 aliphatic rings. The number of halogens is 1. The summed E-state index contributed by atoms with van der Waals surface area (Å²) in [7, 11) is 0. The number of nitrogens with one attached hydrogen (secondary N) is 1. The molecule has 0 aliphatic heterocycles. The first-order chi connectivity index (χ1) is 8.72. The Morgan fingerprint density at radius 2 is 2.11 bits per heavy atom. The van der Waals surface area contributed by atoms with Gasteiger partial charge in [0.2, 0.25) is 0 Å². The van der Waals surface area contributed by atoms with Gasteiger partial charge < -0.3 is 5.32 Å². The number of hydrogen-bond acceptors (Lipinski definition) is 2. The van der Waals surface area contributed by atoms with E-state index in [0.717, 1.165) is 23.7 Å². The largest absolute Gasteiger partial charge is 0.313 e. The average Bonchev–Trinajstić information content (AvgIpc) is 2.39. The molecule has 0 bridgehead atoms. The van der Waals surface area contributed by atoms with E-state index in [-0.39, 0.29) is 0 Å². The molecular formula is C15H17ClN2. The molecule has 2 aromatic rings. The number of aromatic nitrogens is 1. The average molecular weight is 261 g/mol. The Bertz CT molecular complexity index is 538. The third kappa shape index (κ3) is 2.89. The minimum absolute atomic E-state index is 0.799. The van der Waals surface area contributed by atoms with Crippen LogP contribution < -0.4 is 5.32 Å². The van der Waals surface area contributed by atoms with E-state index in [4.69, 9.17) is 11.6 Å². The van der Waals surface area contributed by atoms with Crippen molar-refractivity contribution in [1.29, 1.82) is 0 Å². The summed E-state index contributed by atoms with van der Waals surface area (Å²) in [4.78, 5) is 4.12. The zero-order valence-electron chi connectivity index (χ0n) is 10.7. The van der Waals surface area contributed by atoms with Crippen LogP contribution in [0.2, 0.25) is 5.02 Å². The molecule has 1 aromatic carbocycles. The molecule has 2 rings (SSSR count). The van der Waals surface area contributed by atoms with E-state index in [0.29, 0.717) is 0 Å². The van der Waals surface area contributed by atoms with Crippen LogP contribution in [0.15, 0.2) is 36.7 Å². The minimum atomic E-state index is 0.799. The third-order valence-electron chi connectivity index (χ3n) is 2.94. The Hall–Kier alpha value is -1.38. The lowest BCUT2D eigenvalue weighted by molar-refractivity contribution is 0.727. The lowest BCUT2D eigenvalue weighted by Crippen LogP contribution is -2.12. The number of rotatable bonds is 4. The lowest BCUT2D eigenvalue weighted by Gasteiger charge is -2.10. The second-order valence-electron chi connectivity index (χ2n) is 4.28. The van der Waals surface area contributed by atoms with Crippen molar-refractivity contribution in [3.63, 3.8) is 0 Å². The molecule has 0 saturated carbocycles. The summed E-state index contributed by atoms with van der Waals surface area (Å²) in [5.41, 5.74) is 4.70. The molecule has 2 nitrogen and oxygen atoms in total. The van der Waals surface area contributed by atoms with Crippen molar-refractivity contribution >= 4 is 11.6 Å². The Balaban J connectivity index is 2.38. The van der Waals surface area contributed by atoms with Gasteiger partial charge >= 0.3 is 0 Å². The topological polar surface area (TPSA) is 24.9 Å². The van der Waals surface area contributed by atoms with Gasteiger partial charge in [0.25, 0.3) is 0 Å². The first-order valence-electron chi connectivity index (χ1n) is 6.12. The van der Waals surface area contributed by atoms with Crippen LogP contribution in [0.25, 0.3) is 11.1 Å². The van der Waals surface area contributed by atoms with Crippen molar-refractivity contribution in [3.8, 4) is 11.1 Å².